The largest absolute Gasteiger partial charge is 0.416 e. The van der Waals surface area contributed by atoms with Gasteiger partial charge in [0, 0.05) is 19.5 Å². The van der Waals surface area contributed by atoms with Gasteiger partial charge in [0.25, 0.3) is 5.56 Å². The van der Waals surface area contributed by atoms with Crippen molar-refractivity contribution in [1.82, 2.24) is 14.6 Å². The molecular weight excluding hydrogens is 449 g/mol. The molecule has 1 atom stereocenters. The van der Waals surface area contributed by atoms with Crippen molar-refractivity contribution in [3.8, 4) is 0 Å². The van der Waals surface area contributed by atoms with E-state index >= 15 is 0 Å². The standard InChI is InChI=1S/C24H31F3N4O3/c1-15(2)13-34-31-22(32)20-12-30(14-33-19-8-9-19)11-10-21(20)29-23(31)28-16(3)17-4-6-18(7-5-17)24(25,26)27/h4-7,15-16,19H,8-14H2,1-3H3,(H,28,29). The second-order valence-electron chi connectivity index (χ2n) is 9.43. The quantitative estimate of drug-likeness (QED) is 0.585. The molecule has 1 aromatic carbocycles. The lowest BCUT2D eigenvalue weighted by molar-refractivity contribution is -0.137. The lowest BCUT2D eigenvalue weighted by Gasteiger charge is -2.29. The fourth-order valence-corrected chi connectivity index (χ4v) is 3.74. The molecule has 1 aliphatic heterocycles. The lowest BCUT2D eigenvalue weighted by atomic mass is 10.1. The van der Waals surface area contributed by atoms with Gasteiger partial charge >= 0.3 is 6.18 Å². The first-order valence-electron chi connectivity index (χ1n) is 11.7. The Morgan fingerprint density at radius 1 is 1.18 bits per heavy atom. The Kier molecular flexibility index (Phi) is 7.18. The number of nitrogens with one attached hydrogen (secondary N) is 1. The van der Waals surface area contributed by atoms with Gasteiger partial charge < -0.3 is 14.9 Å². The first-order valence-corrected chi connectivity index (χ1v) is 11.7. The fraction of sp³-hybridized carbons (Fsp3) is 0.583. The molecular formula is C24H31F3N4O3. The minimum absolute atomic E-state index is 0.187. The zero-order valence-corrected chi connectivity index (χ0v) is 19.7. The molecule has 1 N–H and O–H groups in total. The smallest absolute Gasteiger partial charge is 0.407 e. The van der Waals surface area contributed by atoms with Gasteiger partial charge in [-0.1, -0.05) is 26.0 Å². The third-order valence-corrected chi connectivity index (χ3v) is 5.91. The Balaban J connectivity index is 1.57. The topological polar surface area (TPSA) is 68.6 Å². The molecule has 10 heteroatoms. The van der Waals surface area contributed by atoms with Crippen molar-refractivity contribution < 1.29 is 22.7 Å². The number of halogens is 3. The van der Waals surface area contributed by atoms with Crippen LogP contribution >= 0.6 is 0 Å². The van der Waals surface area contributed by atoms with Gasteiger partial charge in [0.15, 0.2) is 0 Å². The average Bonchev–Trinajstić information content (AvgIpc) is 3.61. The van der Waals surface area contributed by atoms with E-state index in [1.54, 1.807) is 6.92 Å². The van der Waals surface area contributed by atoms with Crippen LogP contribution in [0.15, 0.2) is 29.1 Å². The Hall–Kier alpha value is -2.59. The van der Waals surface area contributed by atoms with Crippen LogP contribution in [0, 0.1) is 5.92 Å². The van der Waals surface area contributed by atoms with Gasteiger partial charge in [-0.15, -0.1) is 4.73 Å². The summed E-state index contributed by atoms with van der Waals surface area (Å²) in [6.07, 6.45) is -1.27. The van der Waals surface area contributed by atoms with E-state index in [0.717, 1.165) is 31.5 Å². The molecule has 1 saturated carbocycles. The average molecular weight is 481 g/mol. The van der Waals surface area contributed by atoms with E-state index in [0.29, 0.717) is 49.2 Å². The fourth-order valence-electron chi connectivity index (χ4n) is 3.74. The molecule has 2 aromatic rings. The van der Waals surface area contributed by atoms with E-state index < -0.39 is 17.8 Å². The molecule has 0 saturated heterocycles. The molecule has 4 rings (SSSR count). The van der Waals surface area contributed by atoms with E-state index in [1.165, 1.54) is 16.9 Å². The number of ether oxygens (including phenoxy) is 1. The van der Waals surface area contributed by atoms with E-state index in [9.17, 15) is 18.0 Å². The summed E-state index contributed by atoms with van der Waals surface area (Å²) in [6.45, 7) is 7.74. The number of alkyl halides is 3. The number of anilines is 1. The molecule has 2 heterocycles. The molecule has 0 amide bonds. The highest BCUT2D eigenvalue weighted by Crippen LogP contribution is 2.30. The number of nitrogens with zero attached hydrogens (tertiary/aromatic N) is 3. The van der Waals surface area contributed by atoms with Gasteiger partial charge in [0.2, 0.25) is 5.95 Å². The number of rotatable bonds is 9. The number of hydrogen-bond acceptors (Lipinski definition) is 6. The monoisotopic (exact) mass is 480 g/mol. The van der Waals surface area contributed by atoms with Crippen LogP contribution in [0.25, 0.3) is 0 Å². The van der Waals surface area contributed by atoms with Crippen LogP contribution in [0.3, 0.4) is 0 Å². The normalized spacial score (nSPS) is 17.5. The van der Waals surface area contributed by atoms with E-state index in [4.69, 9.17) is 14.6 Å². The van der Waals surface area contributed by atoms with Crippen molar-refractivity contribution in [2.75, 3.05) is 25.2 Å². The third kappa shape index (κ3) is 5.90. The molecule has 34 heavy (non-hydrogen) atoms. The molecule has 0 radical (unpaired) electrons. The van der Waals surface area contributed by atoms with Gasteiger partial charge in [-0.2, -0.15) is 13.2 Å². The number of hydrogen-bond donors (Lipinski definition) is 1. The first kappa shape index (κ1) is 24.5. The van der Waals surface area contributed by atoms with Crippen LogP contribution in [0.5, 0.6) is 0 Å². The minimum Gasteiger partial charge on any atom is -0.407 e. The van der Waals surface area contributed by atoms with Crippen molar-refractivity contribution in [3.05, 3.63) is 57.0 Å². The van der Waals surface area contributed by atoms with Crippen molar-refractivity contribution in [2.45, 2.75) is 64.9 Å². The number of benzene rings is 1. The summed E-state index contributed by atoms with van der Waals surface area (Å²) < 4.78 is 45.7. The predicted molar refractivity (Wildman–Crippen MR) is 121 cm³/mol. The van der Waals surface area contributed by atoms with Crippen LogP contribution < -0.4 is 15.7 Å². The van der Waals surface area contributed by atoms with Crippen molar-refractivity contribution in [2.24, 2.45) is 5.92 Å². The SMILES string of the molecule is CC(C)COn1c(NC(C)c2ccc(C(F)(F)F)cc2)nc2c(c1=O)CN(COC1CC1)CC2. The summed E-state index contributed by atoms with van der Waals surface area (Å²) in [5.41, 5.74) is 0.951. The van der Waals surface area contributed by atoms with Crippen molar-refractivity contribution in [3.63, 3.8) is 0 Å². The minimum atomic E-state index is -4.39. The van der Waals surface area contributed by atoms with Crippen LogP contribution in [0.1, 0.15) is 62.0 Å². The first-order chi connectivity index (χ1) is 16.1. The van der Waals surface area contributed by atoms with Crippen LogP contribution in [0.4, 0.5) is 19.1 Å². The Bertz CT molecular complexity index is 1050. The highest BCUT2D eigenvalue weighted by molar-refractivity contribution is 5.37. The molecule has 2 aliphatic rings. The van der Waals surface area contributed by atoms with Crippen molar-refractivity contribution >= 4 is 5.95 Å². The van der Waals surface area contributed by atoms with Gasteiger partial charge in [-0.25, -0.2) is 4.98 Å². The van der Waals surface area contributed by atoms with E-state index in [2.05, 4.69) is 10.2 Å². The molecule has 7 nitrogen and oxygen atoms in total. The highest BCUT2D eigenvalue weighted by atomic mass is 19.4. The summed E-state index contributed by atoms with van der Waals surface area (Å²) in [6, 6.07) is 4.55. The summed E-state index contributed by atoms with van der Waals surface area (Å²) in [5.74, 6) is 0.436. The second kappa shape index (κ2) is 9.95. The van der Waals surface area contributed by atoms with Crippen molar-refractivity contribution in [1.29, 1.82) is 0 Å². The summed E-state index contributed by atoms with van der Waals surface area (Å²) >= 11 is 0. The Labute approximate surface area is 196 Å². The zero-order valence-electron chi connectivity index (χ0n) is 19.7. The van der Waals surface area contributed by atoms with Gasteiger partial charge in [0.1, 0.15) is 6.61 Å². The van der Waals surface area contributed by atoms with E-state index in [1.807, 2.05) is 13.8 Å². The van der Waals surface area contributed by atoms with Crippen LogP contribution in [-0.2, 0) is 23.9 Å². The van der Waals surface area contributed by atoms with E-state index in [-0.39, 0.29) is 17.4 Å². The molecule has 1 aromatic heterocycles. The molecule has 0 spiro atoms. The molecule has 1 unspecified atom stereocenters. The maximum atomic E-state index is 13.4. The predicted octanol–water partition coefficient (Wildman–Crippen LogP) is 4.01. The lowest BCUT2D eigenvalue weighted by Crippen LogP contribution is -2.42. The number of aromatic nitrogens is 2. The highest BCUT2D eigenvalue weighted by Gasteiger charge is 2.31. The third-order valence-electron chi connectivity index (χ3n) is 5.91. The zero-order chi connectivity index (χ0) is 24.5. The Morgan fingerprint density at radius 2 is 1.88 bits per heavy atom. The molecule has 1 fully saturated rings. The van der Waals surface area contributed by atoms with Crippen LogP contribution in [-0.4, -0.2) is 40.6 Å². The van der Waals surface area contributed by atoms with Crippen LogP contribution in [0.2, 0.25) is 0 Å². The summed E-state index contributed by atoms with van der Waals surface area (Å²) in [4.78, 5) is 26.0. The van der Waals surface area contributed by atoms with Gasteiger partial charge in [-0.3, -0.25) is 9.69 Å². The molecule has 0 bridgehead atoms. The van der Waals surface area contributed by atoms with Gasteiger partial charge in [0.05, 0.1) is 35.7 Å². The summed E-state index contributed by atoms with van der Waals surface area (Å²) in [7, 11) is 0. The maximum Gasteiger partial charge on any atom is 0.416 e. The molecule has 186 valence electrons. The number of fused-ring (bicyclic) bond motifs is 1. The second-order valence-corrected chi connectivity index (χ2v) is 9.43. The maximum absolute atomic E-state index is 13.4. The Morgan fingerprint density at radius 3 is 2.50 bits per heavy atom. The summed E-state index contributed by atoms with van der Waals surface area (Å²) in [5, 5.41) is 3.17. The van der Waals surface area contributed by atoms with Gasteiger partial charge in [-0.05, 0) is 43.4 Å². The molecule has 1 aliphatic carbocycles.